The van der Waals surface area contributed by atoms with Gasteiger partial charge < -0.3 is 14.8 Å². The molecule has 1 aliphatic carbocycles. The van der Waals surface area contributed by atoms with Gasteiger partial charge in [0.15, 0.2) is 0 Å². The molecule has 1 aromatic carbocycles. The van der Waals surface area contributed by atoms with E-state index in [0.29, 0.717) is 24.7 Å². The van der Waals surface area contributed by atoms with Gasteiger partial charge in [0.25, 0.3) is 0 Å². The number of benzene rings is 1. The Morgan fingerprint density at radius 2 is 1.90 bits per heavy atom. The van der Waals surface area contributed by atoms with Crippen molar-refractivity contribution in [3.8, 4) is 0 Å². The van der Waals surface area contributed by atoms with Gasteiger partial charge in [-0.25, -0.2) is 4.98 Å². The Bertz CT molecular complexity index is 911. The second kappa shape index (κ2) is 11.1. The number of nitrogens with one attached hydrogen (secondary N) is 1. The standard InChI is InChI=1S/C25H36N4O2/c1-19(2)25(31)26-17-11-5-8-16-23-27-21-14-9-10-15-22(21)29(23)18-24(30)28(3)20-12-6-4-7-13-20/h9-10,14-15,20H,1,4-8,11-13,16-18H2,2-3H3,(H,26,31). The number of carbonyl (C=O) groups excluding carboxylic acids is 2. The van der Waals surface area contributed by atoms with E-state index in [-0.39, 0.29) is 11.8 Å². The number of nitrogens with zero attached hydrogens (tertiary/aromatic N) is 3. The molecule has 0 spiro atoms. The minimum atomic E-state index is -0.0811. The zero-order valence-corrected chi connectivity index (χ0v) is 19.0. The van der Waals surface area contributed by atoms with Crippen LogP contribution in [0.15, 0.2) is 36.4 Å². The highest BCUT2D eigenvalue weighted by atomic mass is 16.2. The van der Waals surface area contributed by atoms with Gasteiger partial charge in [0.2, 0.25) is 11.8 Å². The number of aryl methyl sites for hydroxylation is 1. The van der Waals surface area contributed by atoms with Gasteiger partial charge >= 0.3 is 0 Å². The summed E-state index contributed by atoms with van der Waals surface area (Å²) in [7, 11) is 1.95. The molecule has 31 heavy (non-hydrogen) atoms. The predicted octanol–water partition coefficient (Wildman–Crippen LogP) is 4.23. The van der Waals surface area contributed by atoms with E-state index in [1.807, 2.05) is 36.2 Å². The lowest BCUT2D eigenvalue weighted by molar-refractivity contribution is -0.133. The van der Waals surface area contributed by atoms with E-state index in [1.54, 1.807) is 6.92 Å². The molecule has 1 N–H and O–H groups in total. The van der Waals surface area contributed by atoms with Crippen molar-refractivity contribution in [2.45, 2.75) is 77.3 Å². The second-order valence-electron chi connectivity index (χ2n) is 8.75. The fourth-order valence-corrected chi connectivity index (χ4v) is 4.35. The number of likely N-dealkylation sites (N-methyl/N-ethyl adjacent to an activating group) is 1. The maximum Gasteiger partial charge on any atom is 0.246 e. The van der Waals surface area contributed by atoms with Crippen molar-refractivity contribution in [1.82, 2.24) is 19.8 Å². The number of rotatable bonds is 10. The Kier molecular flexibility index (Phi) is 8.27. The summed E-state index contributed by atoms with van der Waals surface area (Å²) in [5.74, 6) is 1.05. The highest BCUT2D eigenvalue weighted by molar-refractivity contribution is 5.92. The first-order chi connectivity index (χ1) is 15.0. The summed E-state index contributed by atoms with van der Waals surface area (Å²) in [5, 5.41) is 2.87. The zero-order valence-electron chi connectivity index (χ0n) is 19.0. The minimum absolute atomic E-state index is 0.0811. The van der Waals surface area contributed by atoms with E-state index in [9.17, 15) is 9.59 Å². The van der Waals surface area contributed by atoms with Gasteiger partial charge in [-0.05, 0) is 44.7 Å². The SMILES string of the molecule is C=C(C)C(=O)NCCCCCc1nc2ccccc2n1CC(=O)N(C)C1CCCCC1. The summed E-state index contributed by atoms with van der Waals surface area (Å²) in [6.07, 6.45) is 9.65. The molecule has 1 aromatic heterocycles. The summed E-state index contributed by atoms with van der Waals surface area (Å²) < 4.78 is 2.10. The third-order valence-corrected chi connectivity index (χ3v) is 6.29. The van der Waals surface area contributed by atoms with Crippen LogP contribution in [-0.4, -0.2) is 45.9 Å². The Labute approximate surface area is 185 Å². The van der Waals surface area contributed by atoms with Gasteiger partial charge in [-0.2, -0.15) is 0 Å². The van der Waals surface area contributed by atoms with E-state index >= 15 is 0 Å². The first-order valence-electron chi connectivity index (χ1n) is 11.6. The average Bonchev–Trinajstić information content (AvgIpc) is 3.13. The van der Waals surface area contributed by atoms with Gasteiger partial charge in [0, 0.05) is 31.6 Å². The summed E-state index contributed by atoms with van der Waals surface area (Å²) in [6.45, 7) is 6.37. The lowest BCUT2D eigenvalue weighted by Gasteiger charge is -2.31. The Balaban J connectivity index is 1.60. The molecule has 0 aliphatic heterocycles. The largest absolute Gasteiger partial charge is 0.352 e. The number of unbranched alkanes of at least 4 members (excludes halogenated alkanes) is 2. The smallest absolute Gasteiger partial charge is 0.246 e. The molecule has 1 heterocycles. The molecule has 0 unspecified atom stereocenters. The molecule has 1 fully saturated rings. The van der Waals surface area contributed by atoms with Gasteiger partial charge in [0.05, 0.1) is 11.0 Å². The molecule has 0 radical (unpaired) electrons. The molecule has 168 valence electrons. The third-order valence-electron chi connectivity index (χ3n) is 6.29. The quantitative estimate of drug-likeness (QED) is 0.458. The van der Waals surface area contributed by atoms with Crippen molar-refractivity contribution in [1.29, 1.82) is 0 Å². The van der Waals surface area contributed by atoms with Crippen molar-refractivity contribution in [3.63, 3.8) is 0 Å². The first kappa shape index (κ1) is 23.0. The van der Waals surface area contributed by atoms with Gasteiger partial charge in [0.1, 0.15) is 12.4 Å². The van der Waals surface area contributed by atoms with Crippen LogP contribution < -0.4 is 5.32 Å². The van der Waals surface area contributed by atoms with Crippen LogP contribution in [-0.2, 0) is 22.6 Å². The van der Waals surface area contributed by atoms with Crippen LogP contribution in [0.25, 0.3) is 11.0 Å². The van der Waals surface area contributed by atoms with Crippen LogP contribution >= 0.6 is 0 Å². The number of aromatic nitrogens is 2. The van der Waals surface area contributed by atoms with E-state index < -0.39 is 0 Å². The van der Waals surface area contributed by atoms with E-state index in [1.165, 1.54) is 19.3 Å². The van der Waals surface area contributed by atoms with Crippen molar-refractivity contribution < 1.29 is 9.59 Å². The van der Waals surface area contributed by atoms with Gasteiger partial charge in [-0.1, -0.05) is 44.4 Å². The Morgan fingerprint density at radius 1 is 1.16 bits per heavy atom. The fraction of sp³-hybridized carbons (Fsp3) is 0.560. The van der Waals surface area contributed by atoms with Crippen molar-refractivity contribution >= 4 is 22.8 Å². The molecule has 3 rings (SSSR count). The number of para-hydroxylation sites is 2. The maximum atomic E-state index is 13.1. The van der Waals surface area contributed by atoms with Crippen LogP contribution in [0.4, 0.5) is 0 Å². The summed E-state index contributed by atoms with van der Waals surface area (Å²) in [4.78, 5) is 31.4. The number of hydrogen-bond acceptors (Lipinski definition) is 3. The third kappa shape index (κ3) is 6.18. The van der Waals surface area contributed by atoms with E-state index in [4.69, 9.17) is 4.98 Å². The van der Waals surface area contributed by atoms with Crippen LogP contribution in [0.2, 0.25) is 0 Å². The van der Waals surface area contributed by atoms with E-state index in [2.05, 4.69) is 16.5 Å². The molecule has 0 atom stereocenters. The lowest BCUT2D eigenvalue weighted by Crippen LogP contribution is -2.40. The van der Waals surface area contributed by atoms with E-state index in [0.717, 1.165) is 55.4 Å². The first-order valence-corrected chi connectivity index (χ1v) is 11.6. The van der Waals surface area contributed by atoms with Crippen LogP contribution in [0.5, 0.6) is 0 Å². The minimum Gasteiger partial charge on any atom is -0.352 e. The van der Waals surface area contributed by atoms with Gasteiger partial charge in [-0.15, -0.1) is 0 Å². The second-order valence-corrected chi connectivity index (χ2v) is 8.75. The molecule has 6 heteroatoms. The topological polar surface area (TPSA) is 67.2 Å². The highest BCUT2D eigenvalue weighted by Crippen LogP contribution is 2.23. The van der Waals surface area contributed by atoms with Crippen LogP contribution in [0.3, 0.4) is 0 Å². The number of carbonyl (C=O) groups is 2. The Hall–Kier alpha value is -2.63. The molecular weight excluding hydrogens is 388 g/mol. The van der Waals surface area contributed by atoms with Crippen molar-refractivity contribution in [3.05, 3.63) is 42.2 Å². The molecule has 1 saturated carbocycles. The number of hydrogen-bond donors (Lipinski definition) is 1. The molecule has 0 bridgehead atoms. The molecule has 6 nitrogen and oxygen atoms in total. The van der Waals surface area contributed by atoms with Crippen molar-refractivity contribution in [2.75, 3.05) is 13.6 Å². The zero-order chi connectivity index (χ0) is 22.2. The number of imidazole rings is 1. The normalized spacial score (nSPS) is 14.5. The molecule has 2 amide bonds. The monoisotopic (exact) mass is 424 g/mol. The number of amides is 2. The molecule has 0 saturated heterocycles. The average molecular weight is 425 g/mol. The Morgan fingerprint density at radius 3 is 2.65 bits per heavy atom. The number of fused-ring (bicyclic) bond motifs is 1. The van der Waals surface area contributed by atoms with Gasteiger partial charge in [-0.3, -0.25) is 9.59 Å². The molecule has 1 aliphatic rings. The van der Waals surface area contributed by atoms with Crippen LogP contribution in [0, 0.1) is 0 Å². The molecule has 2 aromatic rings. The fourth-order valence-electron chi connectivity index (χ4n) is 4.35. The van der Waals surface area contributed by atoms with Crippen LogP contribution in [0.1, 0.15) is 64.1 Å². The summed E-state index contributed by atoms with van der Waals surface area (Å²) >= 11 is 0. The highest BCUT2D eigenvalue weighted by Gasteiger charge is 2.23. The van der Waals surface area contributed by atoms with Crippen molar-refractivity contribution in [2.24, 2.45) is 0 Å². The lowest BCUT2D eigenvalue weighted by atomic mass is 9.94. The predicted molar refractivity (Wildman–Crippen MR) is 125 cm³/mol. The summed E-state index contributed by atoms with van der Waals surface area (Å²) in [5.41, 5.74) is 2.51. The molecular formula is C25H36N4O2. The summed E-state index contributed by atoms with van der Waals surface area (Å²) in [6, 6.07) is 8.42. The maximum absolute atomic E-state index is 13.1.